The van der Waals surface area contributed by atoms with Gasteiger partial charge in [0.15, 0.2) is 0 Å². The zero-order valence-corrected chi connectivity index (χ0v) is 11.4. The third kappa shape index (κ3) is 3.33. The van der Waals surface area contributed by atoms with E-state index in [0.717, 1.165) is 19.1 Å². The highest BCUT2D eigenvalue weighted by molar-refractivity contribution is 6.35. The molecule has 0 bridgehead atoms. The Hall–Kier alpha value is -1.95. The number of rotatable bonds is 2. The minimum absolute atomic E-state index is 0.0584. The molecule has 0 aromatic heterocycles. The minimum Gasteiger partial charge on any atom is -0.334 e. The molecule has 5 nitrogen and oxygen atoms in total. The van der Waals surface area contributed by atoms with Crippen LogP contribution in [0.4, 0.5) is 4.39 Å². The van der Waals surface area contributed by atoms with Crippen molar-refractivity contribution in [2.75, 3.05) is 13.1 Å². The van der Waals surface area contributed by atoms with Crippen molar-refractivity contribution >= 4 is 29.6 Å². The van der Waals surface area contributed by atoms with Crippen molar-refractivity contribution < 1.29 is 14.0 Å². The summed E-state index contributed by atoms with van der Waals surface area (Å²) >= 11 is 5.79. The number of hydrazone groups is 1. The molecule has 0 atom stereocenters. The lowest BCUT2D eigenvalue weighted by Crippen LogP contribution is -2.39. The van der Waals surface area contributed by atoms with Crippen LogP contribution in [0.3, 0.4) is 0 Å². The zero-order chi connectivity index (χ0) is 14.5. The zero-order valence-electron chi connectivity index (χ0n) is 10.6. The Morgan fingerprint density at radius 3 is 2.70 bits per heavy atom. The number of hydrogen-bond donors (Lipinski definition) is 1. The van der Waals surface area contributed by atoms with Gasteiger partial charge in [0.05, 0.1) is 11.2 Å². The van der Waals surface area contributed by atoms with Crippen LogP contribution in [0.5, 0.6) is 0 Å². The average molecular weight is 298 g/mol. The number of carbonyl (C=O) groups is 2. The third-order valence-corrected chi connectivity index (χ3v) is 3.28. The Morgan fingerprint density at radius 1 is 1.35 bits per heavy atom. The first-order chi connectivity index (χ1) is 9.59. The quantitative estimate of drug-likeness (QED) is 0.511. The van der Waals surface area contributed by atoms with Gasteiger partial charge in [0.1, 0.15) is 5.82 Å². The normalized spacial score (nSPS) is 14.8. The number of hydrogen-bond acceptors (Lipinski definition) is 3. The molecule has 0 aliphatic carbocycles. The first-order valence-electron chi connectivity index (χ1n) is 6.16. The largest absolute Gasteiger partial charge is 0.334 e. The van der Waals surface area contributed by atoms with Crippen LogP contribution in [0.15, 0.2) is 23.3 Å². The van der Waals surface area contributed by atoms with E-state index < -0.39 is 17.6 Å². The molecule has 1 aromatic carbocycles. The van der Waals surface area contributed by atoms with E-state index in [2.05, 4.69) is 10.5 Å². The Morgan fingerprint density at radius 2 is 2.05 bits per heavy atom. The fourth-order valence-corrected chi connectivity index (χ4v) is 2.11. The molecular weight excluding hydrogens is 285 g/mol. The SMILES string of the molecule is O=C(N/N=C\c1c(F)cccc1Cl)C(=O)N1CCCC1. The maximum atomic E-state index is 13.4. The first kappa shape index (κ1) is 14.5. The molecule has 1 aromatic rings. The summed E-state index contributed by atoms with van der Waals surface area (Å²) in [5.74, 6) is -2.02. The monoisotopic (exact) mass is 297 g/mol. The van der Waals surface area contributed by atoms with Crippen LogP contribution < -0.4 is 5.43 Å². The van der Waals surface area contributed by atoms with Crippen LogP contribution >= 0.6 is 11.6 Å². The lowest BCUT2D eigenvalue weighted by molar-refractivity contribution is -0.145. The Bertz CT molecular complexity index is 536. The van der Waals surface area contributed by atoms with Crippen molar-refractivity contribution in [2.24, 2.45) is 5.10 Å². The maximum absolute atomic E-state index is 13.4. The van der Waals surface area contributed by atoms with Gasteiger partial charge in [-0.3, -0.25) is 9.59 Å². The Balaban J connectivity index is 1.96. The van der Waals surface area contributed by atoms with Gasteiger partial charge in [-0.15, -0.1) is 0 Å². The molecule has 2 amide bonds. The number of amides is 2. The first-order valence-corrected chi connectivity index (χ1v) is 6.53. The number of nitrogens with zero attached hydrogens (tertiary/aromatic N) is 2. The summed E-state index contributed by atoms with van der Waals surface area (Å²) in [7, 11) is 0. The van der Waals surface area contributed by atoms with E-state index in [1.165, 1.54) is 23.1 Å². The van der Waals surface area contributed by atoms with E-state index >= 15 is 0 Å². The molecule has 20 heavy (non-hydrogen) atoms. The van der Waals surface area contributed by atoms with Crippen LogP contribution in [-0.2, 0) is 9.59 Å². The van der Waals surface area contributed by atoms with Gasteiger partial charge < -0.3 is 4.90 Å². The minimum atomic E-state index is -0.837. The lowest BCUT2D eigenvalue weighted by atomic mass is 10.2. The molecule has 7 heteroatoms. The molecule has 1 aliphatic heterocycles. The van der Waals surface area contributed by atoms with Crippen molar-refractivity contribution in [2.45, 2.75) is 12.8 Å². The Kier molecular flexibility index (Phi) is 4.68. The molecule has 0 saturated carbocycles. The van der Waals surface area contributed by atoms with Gasteiger partial charge in [-0.05, 0) is 25.0 Å². The van der Waals surface area contributed by atoms with Crippen LogP contribution in [0.25, 0.3) is 0 Å². The highest BCUT2D eigenvalue weighted by Crippen LogP contribution is 2.16. The number of carbonyl (C=O) groups excluding carboxylic acids is 2. The number of halogens is 2. The summed E-state index contributed by atoms with van der Waals surface area (Å²) < 4.78 is 13.4. The van der Waals surface area contributed by atoms with Crippen molar-refractivity contribution in [1.29, 1.82) is 0 Å². The number of benzene rings is 1. The molecule has 0 unspecified atom stereocenters. The van der Waals surface area contributed by atoms with Gasteiger partial charge >= 0.3 is 11.8 Å². The second kappa shape index (κ2) is 6.47. The van der Waals surface area contributed by atoms with Crippen molar-refractivity contribution in [3.8, 4) is 0 Å². The van der Waals surface area contributed by atoms with Crippen molar-refractivity contribution in [3.05, 3.63) is 34.6 Å². The third-order valence-electron chi connectivity index (χ3n) is 2.95. The molecule has 1 saturated heterocycles. The molecule has 0 spiro atoms. The number of likely N-dealkylation sites (tertiary alicyclic amines) is 1. The molecule has 2 rings (SSSR count). The molecule has 1 aliphatic rings. The summed E-state index contributed by atoms with van der Waals surface area (Å²) in [6.45, 7) is 1.16. The van der Waals surface area contributed by atoms with Crippen LogP contribution in [-0.4, -0.2) is 36.0 Å². The van der Waals surface area contributed by atoms with Gasteiger partial charge in [-0.25, -0.2) is 9.82 Å². The van der Waals surface area contributed by atoms with E-state index in [4.69, 9.17) is 11.6 Å². The maximum Gasteiger partial charge on any atom is 0.329 e. The molecule has 1 fully saturated rings. The highest BCUT2D eigenvalue weighted by atomic mass is 35.5. The summed E-state index contributed by atoms with van der Waals surface area (Å²) in [4.78, 5) is 24.7. The summed E-state index contributed by atoms with van der Waals surface area (Å²) in [6, 6.07) is 4.19. The second-order valence-electron chi connectivity index (χ2n) is 4.33. The average Bonchev–Trinajstić information content (AvgIpc) is 2.95. The predicted octanol–water partition coefficient (Wildman–Crippen LogP) is 1.55. The topological polar surface area (TPSA) is 61.8 Å². The lowest BCUT2D eigenvalue weighted by Gasteiger charge is -2.12. The van der Waals surface area contributed by atoms with Crippen molar-refractivity contribution in [1.82, 2.24) is 10.3 Å². The second-order valence-corrected chi connectivity index (χ2v) is 4.74. The fraction of sp³-hybridized carbons (Fsp3) is 0.308. The summed E-state index contributed by atoms with van der Waals surface area (Å²) in [6.07, 6.45) is 2.87. The van der Waals surface area contributed by atoms with Gasteiger partial charge in [-0.2, -0.15) is 5.10 Å². The van der Waals surface area contributed by atoms with Crippen LogP contribution in [0.2, 0.25) is 5.02 Å². The molecule has 106 valence electrons. The standard InChI is InChI=1S/C13H13ClFN3O2/c14-10-4-3-5-11(15)9(10)8-16-17-12(19)13(20)18-6-1-2-7-18/h3-5,8H,1-2,6-7H2,(H,17,19)/b16-8-. The predicted molar refractivity (Wildman–Crippen MR) is 73.0 cm³/mol. The van der Waals surface area contributed by atoms with Gasteiger partial charge in [0.25, 0.3) is 0 Å². The highest BCUT2D eigenvalue weighted by Gasteiger charge is 2.23. The molecule has 1 N–H and O–H groups in total. The van der Waals surface area contributed by atoms with Crippen LogP contribution in [0, 0.1) is 5.82 Å². The Labute approximate surface area is 120 Å². The fourth-order valence-electron chi connectivity index (χ4n) is 1.90. The van der Waals surface area contributed by atoms with E-state index in [1.807, 2.05) is 0 Å². The van der Waals surface area contributed by atoms with Gasteiger partial charge in [0, 0.05) is 18.7 Å². The van der Waals surface area contributed by atoms with E-state index in [9.17, 15) is 14.0 Å². The molecular formula is C13H13ClFN3O2. The summed E-state index contributed by atoms with van der Waals surface area (Å²) in [5, 5.41) is 3.73. The van der Waals surface area contributed by atoms with E-state index in [0.29, 0.717) is 13.1 Å². The smallest absolute Gasteiger partial charge is 0.329 e. The van der Waals surface area contributed by atoms with E-state index in [-0.39, 0.29) is 10.6 Å². The van der Waals surface area contributed by atoms with Gasteiger partial charge in [-0.1, -0.05) is 17.7 Å². The molecule has 1 heterocycles. The van der Waals surface area contributed by atoms with E-state index in [1.54, 1.807) is 0 Å². The van der Waals surface area contributed by atoms with Gasteiger partial charge in [0.2, 0.25) is 0 Å². The van der Waals surface area contributed by atoms with Crippen molar-refractivity contribution in [3.63, 3.8) is 0 Å². The summed E-state index contributed by atoms with van der Waals surface area (Å²) in [5.41, 5.74) is 2.13. The number of nitrogens with one attached hydrogen (secondary N) is 1. The van der Waals surface area contributed by atoms with Crippen LogP contribution in [0.1, 0.15) is 18.4 Å². The molecule has 0 radical (unpaired) electrons.